The second-order valence-electron chi connectivity index (χ2n) is 8.05. The number of rotatable bonds is 6. The summed E-state index contributed by atoms with van der Waals surface area (Å²) in [6.07, 6.45) is 4.38. The maximum Gasteiger partial charge on any atom is 0.278 e. The highest BCUT2D eigenvalue weighted by Crippen LogP contribution is 2.23. The zero-order valence-corrected chi connectivity index (χ0v) is 17.2. The van der Waals surface area contributed by atoms with Crippen molar-refractivity contribution >= 4 is 5.91 Å². The Bertz CT molecular complexity index is 895. The van der Waals surface area contributed by atoms with E-state index in [0.717, 1.165) is 30.5 Å². The Balaban J connectivity index is 1.55. The number of aryl methyl sites for hydroxylation is 1. The third-order valence-electron chi connectivity index (χ3n) is 6.25. The van der Waals surface area contributed by atoms with Crippen molar-refractivity contribution in [2.75, 3.05) is 6.54 Å². The molecule has 2 aromatic carbocycles. The lowest BCUT2D eigenvalue weighted by Crippen LogP contribution is -3.15. The summed E-state index contributed by atoms with van der Waals surface area (Å²) in [5, 5.41) is 3.34. The summed E-state index contributed by atoms with van der Waals surface area (Å²) >= 11 is 0. The molecule has 0 saturated carbocycles. The summed E-state index contributed by atoms with van der Waals surface area (Å²) in [6, 6.07) is 24.9. The van der Waals surface area contributed by atoms with Crippen LogP contribution in [0, 0.1) is 0 Å². The molecule has 1 aliphatic heterocycles. The van der Waals surface area contributed by atoms with E-state index >= 15 is 0 Å². The monoisotopic (exact) mass is 388 g/mol. The Hall–Kier alpha value is -2.85. The van der Waals surface area contributed by atoms with Gasteiger partial charge in [0.1, 0.15) is 6.04 Å². The molecule has 150 valence electrons. The molecule has 1 fully saturated rings. The van der Waals surface area contributed by atoms with Gasteiger partial charge in [0, 0.05) is 26.1 Å². The first-order valence-corrected chi connectivity index (χ1v) is 10.5. The third kappa shape index (κ3) is 4.13. The molecule has 1 saturated heterocycles. The Labute approximate surface area is 173 Å². The number of benzene rings is 2. The predicted molar refractivity (Wildman–Crippen MR) is 116 cm³/mol. The summed E-state index contributed by atoms with van der Waals surface area (Å²) in [5.41, 5.74) is 3.53. The van der Waals surface area contributed by atoms with E-state index in [-0.39, 0.29) is 18.0 Å². The lowest BCUT2D eigenvalue weighted by molar-refractivity contribution is -0.932. The van der Waals surface area contributed by atoms with Crippen LogP contribution in [0.1, 0.15) is 48.7 Å². The predicted octanol–water partition coefficient (Wildman–Crippen LogP) is 3.04. The molecule has 3 atom stereocenters. The van der Waals surface area contributed by atoms with Crippen molar-refractivity contribution in [1.82, 2.24) is 9.88 Å². The van der Waals surface area contributed by atoms with Gasteiger partial charge in [-0.2, -0.15) is 0 Å². The molecule has 1 amide bonds. The molecule has 3 aromatic rings. The van der Waals surface area contributed by atoms with Crippen LogP contribution < -0.4 is 10.2 Å². The number of nitrogens with zero attached hydrogens (tertiary/aromatic N) is 1. The molecule has 0 bridgehead atoms. The van der Waals surface area contributed by atoms with E-state index in [1.165, 1.54) is 10.6 Å². The lowest BCUT2D eigenvalue weighted by atomic mass is 9.98. The molecular formula is C25H30N3O+. The summed E-state index contributed by atoms with van der Waals surface area (Å²) < 4.78 is 2.19. The van der Waals surface area contributed by atoms with Gasteiger partial charge < -0.3 is 14.8 Å². The Morgan fingerprint density at radius 2 is 1.62 bits per heavy atom. The zero-order valence-electron chi connectivity index (χ0n) is 17.2. The molecule has 29 heavy (non-hydrogen) atoms. The number of aromatic nitrogens is 1. The number of hydrogen-bond donors (Lipinski definition) is 2. The molecule has 4 heteroatoms. The molecule has 2 heterocycles. The quantitative estimate of drug-likeness (QED) is 0.669. The van der Waals surface area contributed by atoms with Gasteiger partial charge >= 0.3 is 0 Å². The molecule has 1 aromatic heterocycles. The number of carbonyl (C=O) groups is 1. The fourth-order valence-electron chi connectivity index (χ4n) is 4.65. The van der Waals surface area contributed by atoms with E-state index in [1.807, 2.05) is 36.4 Å². The highest BCUT2D eigenvalue weighted by Gasteiger charge is 2.38. The van der Waals surface area contributed by atoms with Crippen molar-refractivity contribution in [2.24, 2.45) is 7.05 Å². The number of carbonyl (C=O) groups excluding carboxylic acids is 1. The lowest BCUT2D eigenvalue weighted by Gasteiger charge is -2.29. The molecule has 0 aliphatic carbocycles. The average molecular weight is 389 g/mol. The minimum atomic E-state index is -0.136. The van der Waals surface area contributed by atoms with Crippen molar-refractivity contribution < 1.29 is 9.69 Å². The van der Waals surface area contributed by atoms with Gasteiger partial charge in [0.15, 0.2) is 6.04 Å². The number of amides is 1. The second-order valence-corrected chi connectivity index (χ2v) is 8.05. The van der Waals surface area contributed by atoms with Crippen LogP contribution in [-0.2, 0) is 11.8 Å². The first-order valence-electron chi connectivity index (χ1n) is 10.5. The molecule has 1 aliphatic rings. The Morgan fingerprint density at radius 3 is 2.17 bits per heavy atom. The molecule has 1 unspecified atom stereocenters. The van der Waals surface area contributed by atoms with E-state index in [0.29, 0.717) is 6.04 Å². The van der Waals surface area contributed by atoms with E-state index < -0.39 is 0 Å². The fraction of sp³-hybridized carbons (Fsp3) is 0.320. The SMILES string of the molecule is C[C@H](C(=O)NC(c1ccccc1)c1ccccc1)[NH+]1CCC[C@@H]1c1cccn1C. The molecule has 0 spiro atoms. The number of hydrogen-bond acceptors (Lipinski definition) is 1. The van der Waals surface area contributed by atoms with E-state index in [9.17, 15) is 4.79 Å². The zero-order chi connectivity index (χ0) is 20.2. The maximum atomic E-state index is 13.3. The van der Waals surface area contributed by atoms with Crippen LogP contribution in [-0.4, -0.2) is 23.1 Å². The largest absolute Gasteiger partial charge is 0.350 e. The standard InChI is InChI=1S/C25H29N3O/c1-19(28-18-10-16-23(28)22-15-9-17-27(22)2)25(29)26-24(20-11-5-3-6-12-20)21-13-7-4-8-14-21/h3-9,11-15,17,19,23-24H,10,16,18H2,1-2H3,(H,26,29)/p+1/t19-,23-/m1/s1. The number of nitrogens with one attached hydrogen (secondary N) is 2. The van der Waals surface area contributed by atoms with Gasteiger partial charge in [-0.15, -0.1) is 0 Å². The van der Waals surface area contributed by atoms with Crippen LogP contribution >= 0.6 is 0 Å². The smallest absolute Gasteiger partial charge is 0.278 e. The Morgan fingerprint density at radius 1 is 1.00 bits per heavy atom. The number of likely N-dealkylation sites (tertiary alicyclic amines) is 1. The van der Waals surface area contributed by atoms with E-state index in [1.54, 1.807) is 0 Å². The first kappa shape index (κ1) is 19.5. The average Bonchev–Trinajstić information content (AvgIpc) is 3.41. The molecule has 2 N–H and O–H groups in total. The molecule has 4 nitrogen and oxygen atoms in total. The van der Waals surface area contributed by atoms with Gasteiger partial charge in [0.05, 0.1) is 18.3 Å². The summed E-state index contributed by atoms with van der Waals surface area (Å²) in [6.45, 7) is 3.10. The third-order valence-corrected chi connectivity index (χ3v) is 6.25. The second kappa shape index (κ2) is 8.66. The van der Waals surface area contributed by atoms with Crippen LogP contribution in [0.3, 0.4) is 0 Å². The maximum absolute atomic E-state index is 13.3. The molecule has 0 radical (unpaired) electrons. The first-order chi connectivity index (χ1) is 14.1. The van der Waals surface area contributed by atoms with Crippen molar-refractivity contribution in [3.8, 4) is 0 Å². The van der Waals surface area contributed by atoms with Crippen molar-refractivity contribution in [2.45, 2.75) is 37.9 Å². The molecular weight excluding hydrogens is 358 g/mol. The topological polar surface area (TPSA) is 38.5 Å². The normalized spacial score (nSPS) is 20.0. The highest BCUT2D eigenvalue weighted by molar-refractivity contribution is 5.81. The summed E-state index contributed by atoms with van der Waals surface area (Å²) in [7, 11) is 2.09. The Kier molecular flexibility index (Phi) is 5.81. The van der Waals surface area contributed by atoms with E-state index in [2.05, 4.69) is 66.5 Å². The summed E-state index contributed by atoms with van der Waals surface area (Å²) in [5.74, 6) is 0.110. The summed E-state index contributed by atoms with van der Waals surface area (Å²) in [4.78, 5) is 14.7. The highest BCUT2D eigenvalue weighted by atomic mass is 16.2. The van der Waals surface area contributed by atoms with Gasteiger partial charge in [-0.05, 0) is 30.2 Å². The van der Waals surface area contributed by atoms with Crippen molar-refractivity contribution in [1.29, 1.82) is 0 Å². The van der Waals surface area contributed by atoms with Crippen LogP contribution in [0.25, 0.3) is 0 Å². The fourth-order valence-corrected chi connectivity index (χ4v) is 4.65. The van der Waals surface area contributed by atoms with Crippen LogP contribution in [0.2, 0.25) is 0 Å². The minimum absolute atomic E-state index is 0.104. The number of quaternary nitrogens is 1. The van der Waals surface area contributed by atoms with Gasteiger partial charge in [0.2, 0.25) is 0 Å². The van der Waals surface area contributed by atoms with Crippen LogP contribution in [0.15, 0.2) is 79.0 Å². The van der Waals surface area contributed by atoms with Gasteiger partial charge in [-0.3, -0.25) is 4.79 Å². The molecule has 4 rings (SSSR count). The van der Waals surface area contributed by atoms with E-state index in [4.69, 9.17) is 0 Å². The van der Waals surface area contributed by atoms with Crippen molar-refractivity contribution in [3.63, 3.8) is 0 Å². The minimum Gasteiger partial charge on any atom is -0.350 e. The van der Waals surface area contributed by atoms with Gasteiger partial charge in [0.25, 0.3) is 5.91 Å². The van der Waals surface area contributed by atoms with Gasteiger partial charge in [-0.1, -0.05) is 60.7 Å². The van der Waals surface area contributed by atoms with Crippen LogP contribution in [0.4, 0.5) is 0 Å². The van der Waals surface area contributed by atoms with Crippen LogP contribution in [0.5, 0.6) is 0 Å². The van der Waals surface area contributed by atoms with Gasteiger partial charge in [-0.25, -0.2) is 0 Å². The van der Waals surface area contributed by atoms with Crippen molar-refractivity contribution in [3.05, 3.63) is 95.8 Å².